The summed E-state index contributed by atoms with van der Waals surface area (Å²) in [6.07, 6.45) is 8.06. The second-order valence-electron chi connectivity index (χ2n) is 6.81. The molecule has 1 saturated heterocycles. The number of nitrogens with one attached hydrogen (secondary N) is 1. The first-order chi connectivity index (χ1) is 10.8. The third-order valence-electron chi connectivity index (χ3n) is 5.35. The highest BCUT2D eigenvalue weighted by molar-refractivity contribution is 5.88. The van der Waals surface area contributed by atoms with Crippen molar-refractivity contribution >= 4 is 5.91 Å². The summed E-state index contributed by atoms with van der Waals surface area (Å²) in [7, 11) is 0. The lowest BCUT2D eigenvalue weighted by Crippen LogP contribution is -2.43. The van der Waals surface area contributed by atoms with Crippen LogP contribution in [0.25, 0.3) is 0 Å². The number of rotatable bonds is 6. The molecule has 2 aliphatic rings. The molecule has 0 bridgehead atoms. The van der Waals surface area contributed by atoms with E-state index in [0.29, 0.717) is 0 Å². The molecule has 0 unspecified atom stereocenters. The zero-order valence-corrected chi connectivity index (χ0v) is 13.5. The van der Waals surface area contributed by atoms with Crippen LogP contribution in [0.15, 0.2) is 30.3 Å². The van der Waals surface area contributed by atoms with E-state index in [1.807, 2.05) is 6.07 Å². The quantitative estimate of drug-likeness (QED) is 0.819. The van der Waals surface area contributed by atoms with Crippen molar-refractivity contribution in [1.29, 1.82) is 0 Å². The number of benzene rings is 1. The number of carbonyl (C=O) groups is 1. The zero-order chi connectivity index (χ0) is 15.3. The average molecular weight is 300 g/mol. The summed E-state index contributed by atoms with van der Waals surface area (Å²) >= 11 is 0. The van der Waals surface area contributed by atoms with Gasteiger partial charge in [-0.1, -0.05) is 43.2 Å². The van der Waals surface area contributed by atoms with E-state index >= 15 is 0 Å². The topological polar surface area (TPSA) is 32.3 Å². The minimum atomic E-state index is -0.269. The highest BCUT2D eigenvalue weighted by Gasteiger charge is 2.42. The van der Waals surface area contributed by atoms with Gasteiger partial charge in [-0.15, -0.1) is 0 Å². The van der Waals surface area contributed by atoms with Gasteiger partial charge >= 0.3 is 0 Å². The maximum atomic E-state index is 12.8. The Morgan fingerprint density at radius 2 is 1.73 bits per heavy atom. The molecule has 1 saturated carbocycles. The Kier molecular flexibility index (Phi) is 5.14. The van der Waals surface area contributed by atoms with Gasteiger partial charge in [0.2, 0.25) is 5.91 Å². The minimum Gasteiger partial charge on any atom is -0.355 e. The van der Waals surface area contributed by atoms with Gasteiger partial charge in [0.05, 0.1) is 5.41 Å². The van der Waals surface area contributed by atoms with Gasteiger partial charge in [-0.2, -0.15) is 0 Å². The molecule has 2 fully saturated rings. The number of carbonyl (C=O) groups excluding carboxylic acids is 1. The van der Waals surface area contributed by atoms with Crippen molar-refractivity contribution in [3.63, 3.8) is 0 Å². The summed E-state index contributed by atoms with van der Waals surface area (Å²) in [6, 6.07) is 10.4. The van der Waals surface area contributed by atoms with E-state index in [9.17, 15) is 4.79 Å². The van der Waals surface area contributed by atoms with Gasteiger partial charge in [0.1, 0.15) is 0 Å². The largest absolute Gasteiger partial charge is 0.355 e. The first-order valence-electron chi connectivity index (χ1n) is 8.87. The van der Waals surface area contributed by atoms with E-state index in [2.05, 4.69) is 34.5 Å². The van der Waals surface area contributed by atoms with Crippen LogP contribution in [-0.4, -0.2) is 37.0 Å². The van der Waals surface area contributed by atoms with Crippen LogP contribution in [-0.2, 0) is 10.2 Å². The standard InChI is InChI=1S/C19H28N2O/c22-18(20-13-8-16-21-14-6-7-15-21)19(11-4-5-12-19)17-9-2-1-3-10-17/h1-3,9-10H,4-8,11-16H2,(H,20,22). The molecule has 1 N–H and O–H groups in total. The molecule has 0 spiro atoms. The third-order valence-corrected chi connectivity index (χ3v) is 5.35. The third kappa shape index (κ3) is 3.35. The van der Waals surface area contributed by atoms with Crippen molar-refractivity contribution in [3.05, 3.63) is 35.9 Å². The van der Waals surface area contributed by atoms with Crippen LogP contribution < -0.4 is 5.32 Å². The Morgan fingerprint density at radius 3 is 2.41 bits per heavy atom. The van der Waals surface area contributed by atoms with E-state index in [1.54, 1.807) is 0 Å². The van der Waals surface area contributed by atoms with Gasteiger partial charge < -0.3 is 10.2 Å². The maximum Gasteiger partial charge on any atom is 0.230 e. The van der Waals surface area contributed by atoms with E-state index in [4.69, 9.17) is 0 Å². The molecule has 1 heterocycles. The Labute approximate surface area is 134 Å². The summed E-state index contributed by atoms with van der Waals surface area (Å²) < 4.78 is 0. The molecule has 120 valence electrons. The highest BCUT2D eigenvalue weighted by Crippen LogP contribution is 2.41. The Balaban J connectivity index is 1.54. The first kappa shape index (κ1) is 15.5. The molecule has 0 aromatic heterocycles. The van der Waals surface area contributed by atoms with Gasteiger partial charge in [-0.25, -0.2) is 0 Å². The fraction of sp³-hybridized carbons (Fsp3) is 0.632. The fourth-order valence-electron chi connectivity index (χ4n) is 4.06. The van der Waals surface area contributed by atoms with E-state index in [0.717, 1.165) is 45.2 Å². The summed E-state index contributed by atoms with van der Waals surface area (Å²) in [4.78, 5) is 15.3. The normalized spacial score (nSPS) is 21.1. The van der Waals surface area contributed by atoms with Crippen LogP contribution in [0, 0.1) is 0 Å². The molecule has 0 radical (unpaired) electrons. The molecule has 1 aromatic carbocycles. The van der Waals surface area contributed by atoms with Gasteiger partial charge in [0.15, 0.2) is 0 Å². The lowest BCUT2D eigenvalue weighted by atomic mass is 9.78. The number of hydrogen-bond acceptors (Lipinski definition) is 2. The lowest BCUT2D eigenvalue weighted by molar-refractivity contribution is -0.126. The SMILES string of the molecule is O=C(NCCCN1CCCC1)C1(c2ccccc2)CCCC1. The molecule has 3 heteroatoms. The van der Waals surface area contributed by atoms with Crippen molar-refractivity contribution in [1.82, 2.24) is 10.2 Å². The van der Waals surface area contributed by atoms with Crippen LogP contribution in [0.3, 0.4) is 0 Å². The molecule has 3 rings (SSSR count). The summed E-state index contributed by atoms with van der Waals surface area (Å²) in [6.45, 7) is 4.41. The molecule has 1 aliphatic heterocycles. The molecule has 1 aliphatic carbocycles. The zero-order valence-electron chi connectivity index (χ0n) is 13.5. The van der Waals surface area contributed by atoms with Gasteiger partial charge in [0.25, 0.3) is 0 Å². The Morgan fingerprint density at radius 1 is 1.05 bits per heavy atom. The van der Waals surface area contributed by atoms with Crippen LogP contribution >= 0.6 is 0 Å². The van der Waals surface area contributed by atoms with Crippen molar-refractivity contribution in [2.45, 2.75) is 50.4 Å². The number of hydrogen-bond donors (Lipinski definition) is 1. The summed E-state index contributed by atoms with van der Waals surface area (Å²) in [5.41, 5.74) is 0.930. The van der Waals surface area contributed by atoms with Crippen LogP contribution in [0.2, 0.25) is 0 Å². The number of nitrogens with zero attached hydrogens (tertiary/aromatic N) is 1. The molecule has 22 heavy (non-hydrogen) atoms. The predicted octanol–water partition coefficient (Wildman–Crippen LogP) is 3.10. The van der Waals surface area contributed by atoms with E-state index in [-0.39, 0.29) is 11.3 Å². The molecule has 1 amide bonds. The van der Waals surface area contributed by atoms with Gasteiger partial charge in [-0.05, 0) is 57.3 Å². The van der Waals surface area contributed by atoms with Crippen molar-refractivity contribution < 1.29 is 4.79 Å². The van der Waals surface area contributed by atoms with Gasteiger partial charge in [-0.3, -0.25) is 4.79 Å². The minimum absolute atomic E-state index is 0.248. The van der Waals surface area contributed by atoms with Gasteiger partial charge in [0, 0.05) is 6.54 Å². The number of amides is 1. The highest BCUT2D eigenvalue weighted by atomic mass is 16.2. The molecule has 3 nitrogen and oxygen atoms in total. The summed E-state index contributed by atoms with van der Waals surface area (Å²) in [5, 5.41) is 3.22. The molecule has 1 aromatic rings. The summed E-state index contributed by atoms with van der Waals surface area (Å²) in [5.74, 6) is 0.248. The number of likely N-dealkylation sites (tertiary alicyclic amines) is 1. The Bertz CT molecular complexity index is 473. The van der Waals surface area contributed by atoms with Crippen LogP contribution in [0.5, 0.6) is 0 Å². The smallest absolute Gasteiger partial charge is 0.230 e. The molecular formula is C19H28N2O. The Hall–Kier alpha value is -1.35. The fourth-order valence-corrected chi connectivity index (χ4v) is 4.06. The van der Waals surface area contributed by atoms with Crippen LogP contribution in [0.4, 0.5) is 0 Å². The van der Waals surface area contributed by atoms with E-state index < -0.39 is 0 Å². The molecule has 0 atom stereocenters. The van der Waals surface area contributed by atoms with E-state index in [1.165, 1.54) is 31.5 Å². The van der Waals surface area contributed by atoms with Crippen molar-refractivity contribution in [3.8, 4) is 0 Å². The average Bonchev–Trinajstić information content (AvgIpc) is 3.24. The lowest BCUT2D eigenvalue weighted by Gasteiger charge is -2.28. The monoisotopic (exact) mass is 300 g/mol. The van der Waals surface area contributed by atoms with Crippen LogP contribution in [0.1, 0.15) is 50.5 Å². The first-order valence-corrected chi connectivity index (χ1v) is 8.87. The predicted molar refractivity (Wildman–Crippen MR) is 89.9 cm³/mol. The molecular weight excluding hydrogens is 272 g/mol. The second kappa shape index (κ2) is 7.28. The maximum absolute atomic E-state index is 12.8. The van der Waals surface area contributed by atoms with Crippen molar-refractivity contribution in [2.24, 2.45) is 0 Å². The van der Waals surface area contributed by atoms with Crippen molar-refractivity contribution in [2.75, 3.05) is 26.2 Å². The second-order valence-corrected chi connectivity index (χ2v) is 6.81.